The molecule has 0 saturated carbocycles. The van der Waals surface area contributed by atoms with Gasteiger partial charge >= 0.3 is 5.97 Å². The first kappa shape index (κ1) is 15.8. The van der Waals surface area contributed by atoms with Gasteiger partial charge in [0.2, 0.25) is 0 Å². The van der Waals surface area contributed by atoms with Gasteiger partial charge in [-0.15, -0.1) is 0 Å². The third-order valence-electron chi connectivity index (χ3n) is 2.90. The summed E-state index contributed by atoms with van der Waals surface area (Å²) in [7, 11) is 3.07. The molecule has 0 aliphatic carbocycles. The van der Waals surface area contributed by atoms with E-state index in [1.807, 2.05) is 20.1 Å². The smallest absolute Gasteiger partial charge is 0.313 e. The fourth-order valence-corrected chi connectivity index (χ4v) is 3.21. The SMILES string of the molecule is COC(=O)C(C)(C)[C@H](OC)[C@H](SC)C(C)C. The van der Waals surface area contributed by atoms with Gasteiger partial charge in [0.1, 0.15) is 0 Å². The van der Waals surface area contributed by atoms with Crippen molar-refractivity contribution in [3.05, 3.63) is 0 Å². The Labute approximate surface area is 103 Å². The minimum atomic E-state index is -0.624. The van der Waals surface area contributed by atoms with E-state index in [0.29, 0.717) is 5.92 Å². The molecule has 0 aromatic carbocycles. The normalized spacial score (nSPS) is 16.0. The number of hydrogen-bond donors (Lipinski definition) is 0. The average molecular weight is 248 g/mol. The standard InChI is InChI=1S/C12H24O3S/c1-8(2)9(16-7)10(14-5)12(3,4)11(13)15-6/h8-10H,1-7H3/t9-,10-/m1/s1. The van der Waals surface area contributed by atoms with Gasteiger partial charge in [-0.2, -0.15) is 11.8 Å². The van der Waals surface area contributed by atoms with E-state index >= 15 is 0 Å². The van der Waals surface area contributed by atoms with Crippen LogP contribution in [-0.4, -0.2) is 37.8 Å². The summed E-state index contributed by atoms with van der Waals surface area (Å²) in [6.45, 7) is 8.03. The first-order chi connectivity index (χ1) is 7.32. The molecule has 4 heteroatoms. The summed E-state index contributed by atoms with van der Waals surface area (Å²) >= 11 is 1.73. The van der Waals surface area contributed by atoms with E-state index in [1.165, 1.54) is 7.11 Å². The van der Waals surface area contributed by atoms with E-state index < -0.39 is 5.41 Å². The number of carbonyl (C=O) groups excluding carboxylic acids is 1. The van der Waals surface area contributed by atoms with E-state index in [9.17, 15) is 4.79 Å². The summed E-state index contributed by atoms with van der Waals surface area (Å²) in [6, 6.07) is 0. The highest BCUT2D eigenvalue weighted by Crippen LogP contribution is 2.35. The molecule has 3 nitrogen and oxygen atoms in total. The largest absolute Gasteiger partial charge is 0.469 e. The van der Waals surface area contributed by atoms with E-state index in [1.54, 1.807) is 18.9 Å². The molecule has 0 rings (SSSR count). The lowest BCUT2D eigenvalue weighted by atomic mass is 9.82. The van der Waals surface area contributed by atoms with Crippen molar-refractivity contribution in [3.8, 4) is 0 Å². The van der Waals surface area contributed by atoms with E-state index in [-0.39, 0.29) is 17.3 Å². The highest BCUT2D eigenvalue weighted by Gasteiger charge is 2.43. The fraction of sp³-hybridized carbons (Fsp3) is 0.917. The first-order valence-electron chi connectivity index (χ1n) is 5.46. The molecule has 0 N–H and O–H groups in total. The Morgan fingerprint density at radius 1 is 1.25 bits per heavy atom. The molecule has 96 valence electrons. The number of carbonyl (C=O) groups is 1. The molecule has 0 bridgehead atoms. The zero-order chi connectivity index (χ0) is 12.9. The van der Waals surface area contributed by atoms with Crippen LogP contribution in [0.25, 0.3) is 0 Å². The monoisotopic (exact) mass is 248 g/mol. The number of thioether (sulfide) groups is 1. The molecule has 0 saturated heterocycles. The minimum absolute atomic E-state index is 0.144. The van der Waals surface area contributed by atoms with Gasteiger partial charge in [0.25, 0.3) is 0 Å². The molecular formula is C12H24O3S. The van der Waals surface area contributed by atoms with Crippen molar-refractivity contribution in [1.82, 2.24) is 0 Å². The number of esters is 1. The molecule has 0 aliphatic rings. The number of ether oxygens (including phenoxy) is 2. The van der Waals surface area contributed by atoms with Gasteiger partial charge in [-0.3, -0.25) is 4.79 Å². The van der Waals surface area contributed by atoms with Crippen LogP contribution in [0, 0.1) is 11.3 Å². The van der Waals surface area contributed by atoms with Crippen molar-refractivity contribution in [2.24, 2.45) is 11.3 Å². The maximum absolute atomic E-state index is 11.8. The van der Waals surface area contributed by atoms with Crippen molar-refractivity contribution < 1.29 is 14.3 Å². The van der Waals surface area contributed by atoms with Gasteiger partial charge in [-0.05, 0) is 26.0 Å². The molecule has 16 heavy (non-hydrogen) atoms. The molecule has 0 heterocycles. The topological polar surface area (TPSA) is 35.5 Å². The highest BCUT2D eigenvalue weighted by molar-refractivity contribution is 7.99. The van der Waals surface area contributed by atoms with E-state index in [4.69, 9.17) is 9.47 Å². The second-order valence-corrected chi connectivity index (χ2v) is 5.83. The predicted octanol–water partition coefficient (Wildman–Crippen LogP) is 2.59. The second kappa shape index (κ2) is 6.50. The Morgan fingerprint density at radius 3 is 2.00 bits per heavy atom. The van der Waals surface area contributed by atoms with Gasteiger partial charge in [-0.25, -0.2) is 0 Å². The van der Waals surface area contributed by atoms with Gasteiger partial charge in [0.05, 0.1) is 18.6 Å². The van der Waals surface area contributed by atoms with Crippen LogP contribution in [0.1, 0.15) is 27.7 Å². The third kappa shape index (κ3) is 3.39. The lowest BCUT2D eigenvalue weighted by Crippen LogP contribution is -2.47. The van der Waals surface area contributed by atoms with Crippen LogP contribution in [0.15, 0.2) is 0 Å². The molecular weight excluding hydrogens is 224 g/mol. The minimum Gasteiger partial charge on any atom is -0.469 e. The average Bonchev–Trinajstić information content (AvgIpc) is 2.23. The third-order valence-corrected chi connectivity index (χ3v) is 4.24. The van der Waals surface area contributed by atoms with Crippen LogP contribution >= 0.6 is 11.8 Å². The quantitative estimate of drug-likeness (QED) is 0.677. The first-order valence-corrected chi connectivity index (χ1v) is 6.75. The summed E-state index contributed by atoms with van der Waals surface area (Å²) < 4.78 is 10.4. The van der Waals surface area contributed by atoms with Gasteiger partial charge in [0.15, 0.2) is 0 Å². The van der Waals surface area contributed by atoms with Crippen LogP contribution < -0.4 is 0 Å². The van der Waals surface area contributed by atoms with E-state index in [2.05, 4.69) is 13.8 Å². The number of methoxy groups -OCH3 is 2. The Balaban J connectivity index is 5.02. The summed E-state index contributed by atoms with van der Waals surface area (Å²) in [6.07, 6.45) is 1.90. The van der Waals surface area contributed by atoms with Crippen LogP contribution in [0.5, 0.6) is 0 Å². The van der Waals surface area contributed by atoms with Gasteiger partial charge in [-0.1, -0.05) is 13.8 Å². The van der Waals surface area contributed by atoms with Crippen molar-refractivity contribution in [2.45, 2.75) is 39.0 Å². The van der Waals surface area contributed by atoms with Crippen LogP contribution in [0.4, 0.5) is 0 Å². The summed E-state index contributed by atoms with van der Waals surface area (Å²) in [5, 5.41) is 0.277. The number of rotatable bonds is 6. The van der Waals surface area contributed by atoms with Crippen LogP contribution in [0.3, 0.4) is 0 Å². The maximum Gasteiger partial charge on any atom is 0.313 e. The lowest BCUT2D eigenvalue weighted by Gasteiger charge is -2.37. The molecule has 0 unspecified atom stereocenters. The molecule has 0 fully saturated rings. The Kier molecular flexibility index (Phi) is 6.41. The summed E-state index contributed by atoms with van der Waals surface area (Å²) in [5.41, 5.74) is -0.624. The van der Waals surface area contributed by atoms with Crippen molar-refractivity contribution in [3.63, 3.8) is 0 Å². The second-order valence-electron chi connectivity index (χ2n) is 4.81. The zero-order valence-electron chi connectivity index (χ0n) is 11.4. The molecule has 0 aliphatic heterocycles. The van der Waals surface area contributed by atoms with Gasteiger partial charge < -0.3 is 9.47 Å². The molecule has 0 radical (unpaired) electrons. The maximum atomic E-state index is 11.8. The molecule has 0 aromatic rings. The summed E-state index contributed by atoms with van der Waals surface area (Å²) in [5.74, 6) is 0.225. The number of hydrogen-bond acceptors (Lipinski definition) is 4. The molecule has 0 aromatic heterocycles. The molecule has 0 spiro atoms. The van der Waals surface area contributed by atoms with E-state index in [0.717, 1.165) is 0 Å². The molecule has 2 atom stereocenters. The van der Waals surface area contributed by atoms with Crippen LogP contribution in [0.2, 0.25) is 0 Å². The Morgan fingerprint density at radius 2 is 1.75 bits per heavy atom. The highest BCUT2D eigenvalue weighted by atomic mass is 32.2. The lowest BCUT2D eigenvalue weighted by molar-refractivity contribution is -0.159. The summed E-state index contributed by atoms with van der Waals surface area (Å²) in [4.78, 5) is 11.8. The fourth-order valence-electron chi connectivity index (χ4n) is 1.96. The zero-order valence-corrected chi connectivity index (χ0v) is 12.2. The van der Waals surface area contributed by atoms with Crippen molar-refractivity contribution >= 4 is 17.7 Å². The van der Waals surface area contributed by atoms with Crippen molar-refractivity contribution in [2.75, 3.05) is 20.5 Å². The van der Waals surface area contributed by atoms with Crippen molar-refractivity contribution in [1.29, 1.82) is 0 Å². The molecule has 0 amide bonds. The Bertz CT molecular complexity index is 226. The predicted molar refractivity (Wildman–Crippen MR) is 68.7 cm³/mol. The van der Waals surface area contributed by atoms with Gasteiger partial charge in [0, 0.05) is 12.4 Å². The Hall–Kier alpha value is -0.220. The van der Waals surface area contributed by atoms with Crippen LogP contribution in [-0.2, 0) is 14.3 Å².